The molecule has 0 bridgehead atoms. The van der Waals surface area contributed by atoms with Crippen LogP contribution in [-0.2, 0) is 16.0 Å². The van der Waals surface area contributed by atoms with Crippen molar-refractivity contribution in [3.8, 4) is 11.1 Å². The topological polar surface area (TPSA) is 108 Å². The summed E-state index contributed by atoms with van der Waals surface area (Å²) in [6.45, 7) is 5.27. The first kappa shape index (κ1) is 25.6. The fourth-order valence-corrected chi connectivity index (χ4v) is 3.85. The van der Waals surface area contributed by atoms with Gasteiger partial charge in [-0.05, 0) is 61.6 Å². The largest absolute Gasteiger partial charge is 0.481 e. The molecule has 7 nitrogen and oxygen atoms in total. The Bertz CT molecular complexity index is 1150. The number of pyridine rings is 1. The molecule has 0 aliphatic heterocycles. The number of carbonyl (C=O) groups excluding carboxylic acids is 2. The van der Waals surface area contributed by atoms with Gasteiger partial charge >= 0.3 is 5.97 Å². The molecule has 0 saturated carbocycles. The second-order valence-corrected chi connectivity index (χ2v) is 9.36. The fourth-order valence-electron chi connectivity index (χ4n) is 3.85. The lowest BCUT2D eigenvalue weighted by atomic mass is 9.94. The average Bonchev–Trinajstić information content (AvgIpc) is 2.84. The molecule has 0 saturated heterocycles. The van der Waals surface area contributed by atoms with Crippen LogP contribution in [0.15, 0.2) is 79.1 Å². The van der Waals surface area contributed by atoms with E-state index in [2.05, 4.69) is 15.6 Å². The van der Waals surface area contributed by atoms with E-state index >= 15 is 0 Å². The molecule has 182 valence electrons. The minimum Gasteiger partial charge on any atom is -0.481 e. The lowest BCUT2D eigenvalue weighted by Gasteiger charge is -2.30. The van der Waals surface area contributed by atoms with E-state index in [0.29, 0.717) is 12.0 Å². The molecule has 3 rings (SSSR count). The third-order valence-corrected chi connectivity index (χ3v) is 5.72. The van der Waals surface area contributed by atoms with Crippen LogP contribution in [0.5, 0.6) is 0 Å². The van der Waals surface area contributed by atoms with E-state index in [1.54, 1.807) is 24.5 Å². The fraction of sp³-hybridized carbons (Fsp3) is 0.286. The standard InChI is InChI=1S/C28H31N3O4/c1-19(27(34)35)16-24(26(33)31-28(2,3)17-20-8-7-15-29-18-20)30-25(32)23-13-11-22(12-14-23)21-9-5-4-6-10-21/h4-15,18-19,24H,16-17H2,1-3H3,(H,30,32)(H,31,33)(H,34,35)/t19-,24-/m0/s1. The van der Waals surface area contributed by atoms with Gasteiger partial charge in [0, 0.05) is 23.5 Å². The highest BCUT2D eigenvalue weighted by molar-refractivity contribution is 5.98. The minimum absolute atomic E-state index is 0.0298. The predicted octanol–water partition coefficient (Wildman–Crippen LogP) is 4.10. The molecular formula is C28H31N3O4. The second-order valence-electron chi connectivity index (χ2n) is 9.36. The Morgan fingerprint density at radius 1 is 0.943 bits per heavy atom. The first-order valence-corrected chi connectivity index (χ1v) is 11.5. The average molecular weight is 474 g/mol. The smallest absolute Gasteiger partial charge is 0.306 e. The molecule has 0 aliphatic rings. The van der Waals surface area contributed by atoms with Crippen molar-refractivity contribution in [1.29, 1.82) is 0 Å². The summed E-state index contributed by atoms with van der Waals surface area (Å²) >= 11 is 0. The van der Waals surface area contributed by atoms with Gasteiger partial charge in [-0.15, -0.1) is 0 Å². The maximum absolute atomic E-state index is 13.2. The Balaban J connectivity index is 1.73. The van der Waals surface area contributed by atoms with Crippen LogP contribution < -0.4 is 10.6 Å². The Kier molecular flexibility index (Phi) is 8.36. The van der Waals surface area contributed by atoms with E-state index in [1.165, 1.54) is 6.92 Å². The Morgan fingerprint density at radius 2 is 1.60 bits per heavy atom. The van der Waals surface area contributed by atoms with Gasteiger partial charge in [-0.3, -0.25) is 19.4 Å². The summed E-state index contributed by atoms with van der Waals surface area (Å²) in [5.41, 5.74) is 2.71. The molecule has 3 aromatic rings. The lowest BCUT2D eigenvalue weighted by molar-refractivity contribution is -0.141. The van der Waals surface area contributed by atoms with Gasteiger partial charge in [0.25, 0.3) is 5.91 Å². The van der Waals surface area contributed by atoms with Crippen molar-refractivity contribution >= 4 is 17.8 Å². The number of benzene rings is 2. The molecule has 0 aliphatic carbocycles. The van der Waals surface area contributed by atoms with Gasteiger partial charge in [0.2, 0.25) is 5.91 Å². The van der Waals surface area contributed by atoms with E-state index in [0.717, 1.165) is 16.7 Å². The molecule has 0 radical (unpaired) electrons. The van der Waals surface area contributed by atoms with Gasteiger partial charge in [-0.25, -0.2) is 0 Å². The van der Waals surface area contributed by atoms with Crippen LogP contribution in [0.2, 0.25) is 0 Å². The molecule has 1 heterocycles. The normalized spacial score (nSPS) is 12.9. The van der Waals surface area contributed by atoms with Crippen molar-refractivity contribution in [3.05, 3.63) is 90.3 Å². The van der Waals surface area contributed by atoms with Crippen molar-refractivity contribution in [1.82, 2.24) is 15.6 Å². The summed E-state index contributed by atoms with van der Waals surface area (Å²) in [4.78, 5) is 41.7. The molecule has 2 aromatic carbocycles. The zero-order valence-electron chi connectivity index (χ0n) is 20.2. The summed E-state index contributed by atoms with van der Waals surface area (Å²) in [5.74, 6) is -2.71. The maximum atomic E-state index is 13.2. The molecule has 1 aromatic heterocycles. The van der Waals surface area contributed by atoms with Gasteiger partial charge in [0.1, 0.15) is 6.04 Å². The lowest BCUT2D eigenvalue weighted by Crippen LogP contribution is -2.54. The number of carboxylic acid groups (broad SMARTS) is 1. The third kappa shape index (κ3) is 7.50. The Labute approximate surface area is 205 Å². The first-order valence-electron chi connectivity index (χ1n) is 11.5. The second kappa shape index (κ2) is 11.4. The summed E-state index contributed by atoms with van der Waals surface area (Å²) < 4.78 is 0. The number of nitrogens with one attached hydrogen (secondary N) is 2. The summed E-state index contributed by atoms with van der Waals surface area (Å²) in [6.07, 6.45) is 3.92. The van der Waals surface area contributed by atoms with Crippen molar-refractivity contribution in [2.75, 3.05) is 0 Å². The van der Waals surface area contributed by atoms with Crippen LogP contribution in [0, 0.1) is 5.92 Å². The highest BCUT2D eigenvalue weighted by atomic mass is 16.4. The van der Waals surface area contributed by atoms with E-state index in [1.807, 2.05) is 68.4 Å². The molecule has 0 unspecified atom stereocenters. The van der Waals surface area contributed by atoms with Crippen LogP contribution in [0.3, 0.4) is 0 Å². The number of aliphatic carboxylic acids is 1. The highest BCUT2D eigenvalue weighted by Crippen LogP contribution is 2.20. The molecular weight excluding hydrogens is 442 g/mol. The van der Waals surface area contributed by atoms with Gasteiger partial charge in [0.05, 0.1) is 5.92 Å². The van der Waals surface area contributed by atoms with Crippen LogP contribution in [0.25, 0.3) is 11.1 Å². The van der Waals surface area contributed by atoms with Gasteiger partial charge < -0.3 is 15.7 Å². The maximum Gasteiger partial charge on any atom is 0.306 e. The van der Waals surface area contributed by atoms with E-state index < -0.39 is 35.3 Å². The number of carbonyl (C=O) groups is 3. The van der Waals surface area contributed by atoms with E-state index in [9.17, 15) is 19.5 Å². The third-order valence-electron chi connectivity index (χ3n) is 5.72. The molecule has 2 amide bonds. The number of amides is 2. The molecule has 0 fully saturated rings. The van der Waals surface area contributed by atoms with Crippen LogP contribution in [0.1, 0.15) is 43.1 Å². The summed E-state index contributed by atoms with van der Waals surface area (Å²) in [6, 6.07) is 19.6. The van der Waals surface area contributed by atoms with Gasteiger partial charge in [0.15, 0.2) is 0 Å². The summed E-state index contributed by atoms with van der Waals surface area (Å²) in [5, 5.41) is 15.1. The van der Waals surface area contributed by atoms with Crippen molar-refractivity contribution < 1.29 is 19.5 Å². The molecule has 0 spiro atoms. The van der Waals surface area contributed by atoms with E-state index in [-0.39, 0.29) is 6.42 Å². The SMILES string of the molecule is C[C@@H](C[C@H](NC(=O)c1ccc(-c2ccccc2)cc1)C(=O)NC(C)(C)Cc1cccnc1)C(=O)O. The van der Waals surface area contributed by atoms with Crippen molar-refractivity contribution in [3.63, 3.8) is 0 Å². The van der Waals surface area contributed by atoms with Crippen LogP contribution >= 0.6 is 0 Å². The zero-order valence-corrected chi connectivity index (χ0v) is 20.2. The zero-order chi connectivity index (χ0) is 25.4. The number of carboxylic acids is 1. The first-order chi connectivity index (χ1) is 16.6. The molecule has 3 N–H and O–H groups in total. The summed E-state index contributed by atoms with van der Waals surface area (Å²) in [7, 11) is 0. The number of hydrogen-bond donors (Lipinski definition) is 3. The molecule has 2 atom stereocenters. The van der Waals surface area contributed by atoms with Gasteiger partial charge in [-0.1, -0.05) is 55.5 Å². The van der Waals surface area contributed by atoms with Crippen LogP contribution in [-0.4, -0.2) is 39.5 Å². The number of aromatic nitrogens is 1. The predicted molar refractivity (Wildman–Crippen MR) is 135 cm³/mol. The monoisotopic (exact) mass is 473 g/mol. The van der Waals surface area contributed by atoms with Crippen molar-refractivity contribution in [2.24, 2.45) is 5.92 Å². The Hall–Kier alpha value is -4.00. The minimum atomic E-state index is -1.03. The van der Waals surface area contributed by atoms with Crippen molar-refractivity contribution in [2.45, 2.75) is 45.2 Å². The molecule has 35 heavy (non-hydrogen) atoms. The molecule has 7 heteroatoms. The number of nitrogens with zero attached hydrogens (tertiary/aromatic N) is 1. The quantitative estimate of drug-likeness (QED) is 0.411. The van der Waals surface area contributed by atoms with E-state index in [4.69, 9.17) is 0 Å². The van der Waals surface area contributed by atoms with Gasteiger partial charge in [-0.2, -0.15) is 0 Å². The number of hydrogen-bond acceptors (Lipinski definition) is 4. The highest BCUT2D eigenvalue weighted by Gasteiger charge is 2.30. The number of rotatable bonds is 10. The Morgan fingerprint density at radius 3 is 2.20 bits per heavy atom. The van der Waals surface area contributed by atoms with Crippen LogP contribution in [0.4, 0.5) is 0 Å².